The second kappa shape index (κ2) is 2.73. The van der Waals surface area contributed by atoms with Crippen LogP contribution in [0.15, 0.2) is 17.2 Å². The van der Waals surface area contributed by atoms with Gasteiger partial charge in [0, 0.05) is 17.5 Å². The van der Waals surface area contributed by atoms with Crippen molar-refractivity contribution in [1.82, 2.24) is 14.4 Å². The fraction of sp³-hybridized carbons (Fsp3) is 0.333. The largest absolute Gasteiger partial charge is 0.292 e. The summed E-state index contributed by atoms with van der Waals surface area (Å²) in [5.41, 5.74) is 1.75. The molecule has 0 saturated carbocycles. The van der Waals surface area contributed by atoms with Crippen LogP contribution in [-0.4, -0.2) is 14.4 Å². The topological polar surface area (TPSA) is 50.2 Å². The first-order valence-corrected chi connectivity index (χ1v) is 4.28. The van der Waals surface area contributed by atoms with Crippen molar-refractivity contribution in [2.24, 2.45) is 0 Å². The van der Waals surface area contributed by atoms with Gasteiger partial charge in [-0.2, -0.15) is 0 Å². The number of nitrogens with zero attached hydrogens (tertiary/aromatic N) is 2. The number of H-pyrrole nitrogens is 1. The third-order valence-electron chi connectivity index (χ3n) is 2.14. The Kier molecular flexibility index (Phi) is 1.69. The van der Waals surface area contributed by atoms with Gasteiger partial charge in [-0.05, 0) is 13.3 Å². The molecule has 2 aromatic heterocycles. The van der Waals surface area contributed by atoms with Gasteiger partial charge in [0.05, 0.1) is 6.20 Å². The second-order valence-electron chi connectivity index (χ2n) is 3.06. The summed E-state index contributed by atoms with van der Waals surface area (Å²) in [6, 6.07) is 0. The predicted molar refractivity (Wildman–Crippen MR) is 49.9 cm³/mol. The summed E-state index contributed by atoms with van der Waals surface area (Å²) in [6.45, 7) is 3.85. The van der Waals surface area contributed by atoms with E-state index in [1.165, 1.54) is 0 Å². The fourth-order valence-electron chi connectivity index (χ4n) is 1.35. The van der Waals surface area contributed by atoms with Crippen molar-refractivity contribution in [3.05, 3.63) is 34.0 Å². The zero-order valence-electron chi connectivity index (χ0n) is 7.66. The molecule has 2 heterocycles. The summed E-state index contributed by atoms with van der Waals surface area (Å²) in [6.07, 6.45) is 4.51. The lowest BCUT2D eigenvalue weighted by Gasteiger charge is -1.98. The van der Waals surface area contributed by atoms with Crippen molar-refractivity contribution in [1.29, 1.82) is 0 Å². The normalized spacial score (nSPS) is 10.9. The molecule has 0 bridgehead atoms. The van der Waals surface area contributed by atoms with Gasteiger partial charge < -0.3 is 0 Å². The molecule has 4 heteroatoms. The Hall–Kier alpha value is -1.58. The third kappa shape index (κ3) is 1.14. The van der Waals surface area contributed by atoms with Crippen molar-refractivity contribution in [2.75, 3.05) is 0 Å². The monoisotopic (exact) mass is 177 g/mol. The van der Waals surface area contributed by atoms with Crippen LogP contribution in [0.4, 0.5) is 0 Å². The molecule has 0 saturated heterocycles. The van der Waals surface area contributed by atoms with Crippen LogP contribution < -0.4 is 5.56 Å². The predicted octanol–water partition coefficient (Wildman–Crippen LogP) is 0.893. The number of fused-ring (bicyclic) bond motifs is 1. The zero-order chi connectivity index (χ0) is 9.42. The van der Waals surface area contributed by atoms with E-state index in [4.69, 9.17) is 0 Å². The Labute approximate surface area is 75.2 Å². The number of aromatic nitrogens is 3. The fourth-order valence-corrected chi connectivity index (χ4v) is 1.35. The van der Waals surface area contributed by atoms with Gasteiger partial charge in [0.25, 0.3) is 5.56 Å². The van der Waals surface area contributed by atoms with Crippen LogP contribution in [-0.2, 0) is 6.42 Å². The van der Waals surface area contributed by atoms with E-state index in [0.29, 0.717) is 11.3 Å². The zero-order valence-corrected chi connectivity index (χ0v) is 7.66. The van der Waals surface area contributed by atoms with Crippen LogP contribution >= 0.6 is 0 Å². The van der Waals surface area contributed by atoms with Crippen LogP contribution in [0.1, 0.15) is 18.2 Å². The van der Waals surface area contributed by atoms with Gasteiger partial charge in [-0.15, -0.1) is 0 Å². The molecular weight excluding hydrogens is 166 g/mol. The Morgan fingerprint density at radius 2 is 2.38 bits per heavy atom. The number of hydrogen-bond acceptors (Lipinski definition) is 2. The van der Waals surface area contributed by atoms with Gasteiger partial charge in [-0.25, -0.2) is 4.98 Å². The highest BCUT2D eigenvalue weighted by atomic mass is 16.1. The number of imidazole rings is 1. The molecule has 0 radical (unpaired) electrons. The summed E-state index contributed by atoms with van der Waals surface area (Å²) in [4.78, 5) is 18.0. The van der Waals surface area contributed by atoms with Crippen LogP contribution in [0.5, 0.6) is 0 Å². The Balaban J connectivity index is 2.84. The molecule has 0 aromatic carbocycles. The van der Waals surface area contributed by atoms with Crippen molar-refractivity contribution in [3.63, 3.8) is 0 Å². The third-order valence-corrected chi connectivity index (χ3v) is 2.14. The maximum absolute atomic E-state index is 11.2. The van der Waals surface area contributed by atoms with Crippen LogP contribution in [0.2, 0.25) is 0 Å². The lowest BCUT2D eigenvalue weighted by atomic mass is 10.3. The first kappa shape index (κ1) is 8.04. The average molecular weight is 177 g/mol. The van der Waals surface area contributed by atoms with Crippen molar-refractivity contribution < 1.29 is 0 Å². The van der Waals surface area contributed by atoms with Gasteiger partial charge in [0.15, 0.2) is 0 Å². The number of aromatic amines is 1. The maximum Gasteiger partial charge on any atom is 0.255 e. The van der Waals surface area contributed by atoms with E-state index in [9.17, 15) is 4.79 Å². The summed E-state index contributed by atoms with van der Waals surface area (Å²) in [7, 11) is 0. The van der Waals surface area contributed by atoms with Gasteiger partial charge >= 0.3 is 0 Å². The minimum atomic E-state index is -0.0687. The molecule has 4 nitrogen and oxygen atoms in total. The molecule has 0 spiro atoms. The standard InChI is InChI=1S/C9H11N3O/c1-3-7-4-10-9-11-8(13)6(2)5-12(7)9/h4-5H,3H2,1-2H3,(H,10,11,13). The minimum Gasteiger partial charge on any atom is -0.292 e. The van der Waals surface area contributed by atoms with E-state index in [1.54, 1.807) is 13.1 Å². The molecule has 0 amide bonds. The molecule has 13 heavy (non-hydrogen) atoms. The Bertz CT molecular complexity index is 495. The van der Waals surface area contributed by atoms with Crippen molar-refractivity contribution >= 4 is 5.78 Å². The van der Waals surface area contributed by atoms with Crippen molar-refractivity contribution in [2.45, 2.75) is 20.3 Å². The smallest absolute Gasteiger partial charge is 0.255 e. The summed E-state index contributed by atoms with van der Waals surface area (Å²) in [5, 5.41) is 0. The molecule has 0 aliphatic heterocycles. The molecule has 68 valence electrons. The SMILES string of the molecule is CCc1cnc2[nH]c(=O)c(C)cn12. The van der Waals surface area contributed by atoms with Gasteiger partial charge in [0.2, 0.25) is 5.78 Å². The Morgan fingerprint density at radius 3 is 3.08 bits per heavy atom. The summed E-state index contributed by atoms with van der Waals surface area (Å²) < 4.78 is 1.91. The average Bonchev–Trinajstić information content (AvgIpc) is 2.48. The van der Waals surface area contributed by atoms with E-state index in [2.05, 4.69) is 16.9 Å². The molecule has 0 fully saturated rings. The molecule has 0 atom stereocenters. The first-order chi connectivity index (χ1) is 6.22. The van der Waals surface area contributed by atoms with Gasteiger partial charge in [-0.3, -0.25) is 14.2 Å². The van der Waals surface area contributed by atoms with Gasteiger partial charge in [-0.1, -0.05) is 6.92 Å². The number of hydrogen-bond donors (Lipinski definition) is 1. The highest BCUT2D eigenvalue weighted by molar-refractivity contribution is 5.32. The van der Waals surface area contributed by atoms with E-state index >= 15 is 0 Å². The highest BCUT2D eigenvalue weighted by Gasteiger charge is 2.02. The van der Waals surface area contributed by atoms with E-state index < -0.39 is 0 Å². The lowest BCUT2D eigenvalue weighted by Crippen LogP contribution is -2.12. The molecule has 0 aliphatic carbocycles. The quantitative estimate of drug-likeness (QED) is 0.703. The summed E-state index contributed by atoms with van der Waals surface area (Å²) >= 11 is 0. The van der Waals surface area contributed by atoms with E-state index in [1.807, 2.05) is 10.6 Å². The van der Waals surface area contributed by atoms with E-state index in [0.717, 1.165) is 12.1 Å². The highest BCUT2D eigenvalue weighted by Crippen LogP contribution is 2.03. The molecule has 0 aliphatic rings. The molecule has 2 aromatic rings. The molecular formula is C9H11N3O. The molecule has 0 unspecified atom stereocenters. The maximum atomic E-state index is 11.2. The van der Waals surface area contributed by atoms with Crippen LogP contribution in [0.3, 0.4) is 0 Å². The molecule has 2 rings (SSSR count). The Morgan fingerprint density at radius 1 is 1.62 bits per heavy atom. The molecule has 1 N–H and O–H groups in total. The van der Waals surface area contributed by atoms with Crippen molar-refractivity contribution in [3.8, 4) is 0 Å². The number of nitrogens with one attached hydrogen (secondary N) is 1. The van der Waals surface area contributed by atoms with Crippen LogP contribution in [0.25, 0.3) is 5.78 Å². The lowest BCUT2D eigenvalue weighted by molar-refractivity contribution is 0.956. The van der Waals surface area contributed by atoms with Crippen LogP contribution in [0, 0.1) is 6.92 Å². The second-order valence-corrected chi connectivity index (χ2v) is 3.06. The number of rotatable bonds is 1. The summed E-state index contributed by atoms with van der Waals surface area (Å²) in [5.74, 6) is 0.618. The van der Waals surface area contributed by atoms with E-state index in [-0.39, 0.29) is 5.56 Å². The van der Waals surface area contributed by atoms with Gasteiger partial charge in [0.1, 0.15) is 0 Å². The first-order valence-electron chi connectivity index (χ1n) is 4.28. The number of aryl methyl sites for hydroxylation is 2. The minimum absolute atomic E-state index is 0.0687.